The topological polar surface area (TPSA) is 94.9 Å². The van der Waals surface area contributed by atoms with E-state index in [1.807, 2.05) is 6.07 Å². The van der Waals surface area contributed by atoms with Crippen LogP contribution in [-0.4, -0.2) is 39.1 Å². The van der Waals surface area contributed by atoms with Gasteiger partial charge in [0.05, 0.1) is 35.1 Å². The number of nitrogens with one attached hydrogen (secondary N) is 1. The molecule has 1 aliphatic carbocycles. The van der Waals surface area contributed by atoms with Crippen LogP contribution >= 0.6 is 0 Å². The Kier molecular flexibility index (Phi) is 5.87. The molecule has 0 saturated heterocycles. The number of H-pyrrole nitrogens is 1. The van der Waals surface area contributed by atoms with Gasteiger partial charge < -0.3 is 9.64 Å². The molecule has 4 aromatic rings. The number of benzene rings is 2. The number of aromatic amines is 1. The molecule has 1 N–H and O–H groups in total. The Morgan fingerprint density at radius 1 is 1.26 bits per heavy atom. The number of carbonyl (C=O) groups excluding carboxylic acids is 1. The zero-order valence-electron chi connectivity index (χ0n) is 18.9. The van der Waals surface area contributed by atoms with Gasteiger partial charge in [0.25, 0.3) is 5.91 Å². The maximum atomic E-state index is 14.1. The van der Waals surface area contributed by atoms with E-state index < -0.39 is 12.5 Å². The molecule has 176 valence electrons. The van der Waals surface area contributed by atoms with Gasteiger partial charge in [-0.3, -0.25) is 14.9 Å². The average Bonchev–Trinajstić information content (AvgIpc) is 3.54. The number of rotatable bonds is 7. The van der Waals surface area contributed by atoms with E-state index in [9.17, 15) is 18.8 Å². The number of amides is 1. The van der Waals surface area contributed by atoms with Crippen LogP contribution in [0.2, 0.25) is 0 Å². The molecular weight excluding hydrogens is 452 g/mol. The predicted molar refractivity (Wildman–Crippen MR) is 125 cm³/mol. The summed E-state index contributed by atoms with van der Waals surface area (Å²) in [5, 5.41) is 16.6. The molecule has 1 saturated carbocycles. The predicted octanol–water partition coefficient (Wildman–Crippen LogP) is 4.92. The van der Waals surface area contributed by atoms with E-state index >= 15 is 0 Å². The first-order chi connectivity index (χ1) is 17.0. The summed E-state index contributed by atoms with van der Waals surface area (Å²) in [6.07, 6.45) is 4.93. The molecule has 1 fully saturated rings. The number of hydrogen-bond donors (Lipinski definition) is 1. The Morgan fingerprint density at radius 3 is 2.83 bits per heavy atom. The molecule has 2 heterocycles. The first-order valence-corrected chi connectivity index (χ1v) is 11.1. The molecule has 7 nitrogen and oxygen atoms in total. The third-order valence-corrected chi connectivity index (χ3v) is 5.91. The van der Waals surface area contributed by atoms with Crippen molar-refractivity contribution in [3.8, 4) is 22.9 Å². The van der Waals surface area contributed by atoms with Gasteiger partial charge in [0.1, 0.15) is 18.2 Å². The van der Waals surface area contributed by atoms with E-state index in [0.29, 0.717) is 44.6 Å². The lowest BCUT2D eigenvalue weighted by Crippen LogP contribution is -2.26. The monoisotopic (exact) mass is 473 g/mol. The second-order valence-electron chi connectivity index (χ2n) is 8.55. The third kappa shape index (κ3) is 4.55. The highest BCUT2D eigenvalue weighted by atomic mass is 19.1. The van der Waals surface area contributed by atoms with Crippen molar-refractivity contribution in [1.29, 1.82) is 5.26 Å². The van der Waals surface area contributed by atoms with Crippen molar-refractivity contribution < 1.29 is 18.3 Å². The molecule has 5 rings (SSSR count). The highest BCUT2D eigenvalue weighted by molar-refractivity contribution is 5.96. The lowest BCUT2D eigenvalue weighted by atomic mass is 10.00. The number of alkyl halides is 1. The van der Waals surface area contributed by atoms with Gasteiger partial charge in [0.2, 0.25) is 0 Å². The third-order valence-electron chi connectivity index (χ3n) is 5.91. The summed E-state index contributed by atoms with van der Waals surface area (Å²) in [4.78, 5) is 18.9. The fourth-order valence-electron chi connectivity index (χ4n) is 3.98. The molecule has 0 aliphatic heterocycles. The van der Waals surface area contributed by atoms with Crippen LogP contribution < -0.4 is 4.74 Å². The number of halogens is 2. The van der Waals surface area contributed by atoms with Crippen LogP contribution in [0, 0.1) is 17.1 Å². The first kappa shape index (κ1) is 22.5. The minimum atomic E-state index is -0.706. The number of fused-ring (bicyclic) bond motifs is 1. The Bertz CT molecular complexity index is 1470. The summed E-state index contributed by atoms with van der Waals surface area (Å²) in [6, 6.07) is 11.1. The molecular formula is C26H21F2N5O2. The van der Waals surface area contributed by atoms with E-state index in [1.54, 1.807) is 37.5 Å². The summed E-state index contributed by atoms with van der Waals surface area (Å²) in [5.74, 6) is -0.309. The number of nitriles is 1. The van der Waals surface area contributed by atoms with Crippen LogP contribution in [-0.2, 0) is 13.2 Å². The fraction of sp³-hybridized carbons (Fsp3) is 0.231. The maximum Gasteiger partial charge on any atom is 0.254 e. The Hall–Kier alpha value is -4.32. The fourth-order valence-corrected chi connectivity index (χ4v) is 3.98. The van der Waals surface area contributed by atoms with Gasteiger partial charge in [-0.1, -0.05) is 0 Å². The van der Waals surface area contributed by atoms with Crippen LogP contribution in [0.25, 0.3) is 22.0 Å². The SMILES string of the molecule is CN(Cc1cnc(CF)c2cn[nH]c12)C(=O)c1ccc(-c2cc(F)cc(C#N)c2)c(OC2CC2)c1. The summed E-state index contributed by atoms with van der Waals surface area (Å²) in [5.41, 5.74) is 3.36. The Balaban J connectivity index is 1.45. The van der Waals surface area contributed by atoms with Crippen molar-refractivity contribution in [3.63, 3.8) is 0 Å². The zero-order chi connectivity index (χ0) is 24.5. The van der Waals surface area contributed by atoms with E-state index in [-0.39, 0.29) is 24.1 Å². The average molecular weight is 473 g/mol. The normalized spacial score (nSPS) is 13.0. The van der Waals surface area contributed by atoms with Gasteiger partial charge in [-0.2, -0.15) is 10.4 Å². The molecule has 2 aromatic carbocycles. The highest BCUT2D eigenvalue weighted by Crippen LogP contribution is 2.36. The molecule has 0 atom stereocenters. The second-order valence-corrected chi connectivity index (χ2v) is 8.55. The molecule has 0 unspecified atom stereocenters. The van der Waals surface area contributed by atoms with Gasteiger partial charge in [0, 0.05) is 41.9 Å². The van der Waals surface area contributed by atoms with Gasteiger partial charge in [-0.25, -0.2) is 8.78 Å². The van der Waals surface area contributed by atoms with Crippen molar-refractivity contribution in [3.05, 3.63) is 77.0 Å². The van der Waals surface area contributed by atoms with Crippen LogP contribution in [0.15, 0.2) is 48.8 Å². The minimum absolute atomic E-state index is 0.0505. The van der Waals surface area contributed by atoms with Crippen molar-refractivity contribution in [1.82, 2.24) is 20.1 Å². The van der Waals surface area contributed by atoms with E-state index in [0.717, 1.165) is 12.8 Å². The zero-order valence-corrected chi connectivity index (χ0v) is 18.9. The van der Waals surface area contributed by atoms with Crippen LogP contribution in [0.5, 0.6) is 5.75 Å². The van der Waals surface area contributed by atoms with E-state index in [4.69, 9.17) is 4.74 Å². The molecule has 1 amide bonds. The Labute approximate surface area is 200 Å². The van der Waals surface area contributed by atoms with Crippen LogP contribution in [0.4, 0.5) is 8.78 Å². The van der Waals surface area contributed by atoms with Crippen LogP contribution in [0.1, 0.15) is 40.0 Å². The lowest BCUT2D eigenvalue weighted by Gasteiger charge is -2.19. The van der Waals surface area contributed by atoms with Crippen molar-refractivity contribution in [2.75, 3.05) is 7.05 Å². The number of pyridine rings is 1. The molecule has 0 bridgehead atoms. The number of nitrogens with zero attached hydrogens (tertiary/aromatic N) is 4. The van der Waals surface area contributed by atoms with Crippen molar-refractivity contribution in [2.24, 2.45) is 0 Å². The highest BCUT2D eigenvalue weighted by Gasteiger charge is 2.26. The molecule has 9 heteroatoms. The van der Waals surface area contributed by atoms with Gasteiger partial charge in [-0.15, -0.1) is 0 Å². The standard InChI is InChI=1S/C26H21F2N5O2/c1-33(14-18-12-30-23(10-27)22-13-31-32-25(18)22)26(34)16-2-5-21(24(9-16)35-20-3-4-20)17-6-15(11-29)7-19(28)8-17/h2,5-9,12-13,20H,3-4,10,14H2,1H3,(H,31,32). The largest absolute Gasteiger partial charge is 0.490 e. The van der Waals surface area contributed by atoms with Crippen molar-refractivity contribution in [2.45, 2.75) is 32.2 Å². The summed E-state index contributed by atoms with van der Waals surface area (Å²) < 4.78 is 33.3. The van der Waals surface area contributed by atoms with Gasteiger partial charge >= 0.3 is 0 Å². The summed E-state index contributed by atoms with van der Waals surface area (Å²) in [7, 11) is 1.66. The van der Waals surface area contributed by atoms with Gasteiger partial charge in [0.15, 0.2) is 0 Å². The second kappa shape index (κ2) is 9.14. The smallest absolute Gasteiger partial charge is 0.254 e. The Morgan fingerprint density at radius 2 is 2.09 bits per heavy atom. The van der Waals surface area contributed by atoms with E-state index in [2.05, 4.69) is 15.2 Å². The first-order valence-electron chi connectivity index (χ1n) is 11.1. The summed E-state index contributed by atoms with van der Waals surface area (Å²) >= 11 is 0. The number of ether oxygens (including phenoxy) is 1. The quantitative estimate of drug-likeness (QED) is 0.411. The molecule has 1 aliphatic rings. The number of carbonyl (C=O) groups is 1. The van der Waals surface area contributed by atoms with E-state index in [1.165, 1.54) is 23.2 Å². The molecule has 0 spiro atoms. The molecule has 0 radical (unpaired) electrons. The van der Waals surface area contributed by atoms with Crippen molar-refractivity contribution >= 4 is 16.8 Å². The maximum absolute atomic E-state index is 14.1. The molecule has 35 heavy (non-hydrogen) atoms. The lowest BCUT2D eigenvalue weighted by molar-refractivity contribution is 0.0785. The number of hydrogen-bond acceptors (Lipinski definition) is 5. The number of aromatic nitrogens is 3. The minimum Gasteiger partial charge on any atom is -0.490 e. The van der Waals surface area contributed by atoms with Crippen LogP contribution in [0.3, 0.4) is 0 Å². The summed E-state index contributed by atoms with van der Waals surface area (Å²) in [6.45, 7) is -0.477. The molecule has 2 aromatic heterocycles. The van der Waals surface area contributed by atoms with Gasteiger partial charge in [-0.05, 0) is 54.8 Å².